The van der Waals surface area contributed by atoms with Gasteiger partial charge in [-0.15, -0.1) is 11.3 Å². The summed E-state index contributed by atoms with van der Waals surface area (Å²) in [4.78, 5) is 23.9. The third-order valence-electron chi connectivity index (χ3n) is 4.00. The number of hydrogen-bond acceptors (Lipinski definition) is 5. The van der Waals surface area contributed by atoms with Crippen LogP contribution < -0.4 is 0 Å². The van der Waals surface area contributed by atoms with Crippen LogP contribution >= 0.6 is 11.3 Å². The Morgan fingerprint density at radius 3 is 3.17 bits per heavy atom. The number of aryl methyl sites for hydroxylation is 1. The van der Waals surface area contributed by atoms with E-state index in [2.05, 4.69) is 21.4 Å². The minimum Gasteiger partial charge on any atom is -0.379 e. The summed E-state index contributed by atoms with van der Waals surface area (Å²) in [5.41, 5.74) is 1.00. The fourth-order valence-electron chi connectivity index (χ4n) is 2.81. The van der Waals surface area contributed by atoms with Gasteiger partial charge in [0, 0.05) is 42.2 Å². The van der Waals surface area contributed by atoms with Crippen molar-refractivity contribution in [2.45, 2.75) is 19.3 Å². The van der Waals surface area contributed by atoms with Crippen molar-refractivity contribution in [1.82, 2.24) is 14.9 Å². The summed E-state index contributed by atoms with van der Waals surface area (Å²) in [6.07, 6.45) is 5.53. The van der Waals surface area contributed by atoms with Crippen LogP contribution in [0.5, 0.6) is 0 Å². The number of thiophene rings is 1. The number of aromatic nitrogens is 2. The van der Waals surface area contributed by atoms with Gasteiger partial charge in [0.05, 0.1) is 13.2 Å². The van der Waals surface area contributed by atoms with Crippen LogP contribution in [0.4, 0.5) is 0 Å². The lowest BCUT2D eigenvalue weighted by molar-refractivity contribution is -0.131. The Balaban J connectivity index is 1.54. The summed E-state index contributed by atoms with van der Waals surface area (Å²) >= 11 is 1.71. The predicted octanol–water partition coefficient (Wildman–Crippen LogP) is 2.19. The molecule has 23 heavy (non-hydrogen) atoms. The first-order valence-corrected chi connectivity index (χ1v) is 8.82. The lowest BCUT2D eigenvalue weighted by Crippen LogP contribution is -2.36. The number of nitrogens with zero attached hydrogens (tertiary/aromatic N) is 3. The van der Waals surface area contributed by atoms with Gasteiger partial charge in [0.2, 0.25) is 5.91 Å². The lowest BCUT2D eigenvalue weighted by Gasteiger charge is -2.23. The van der Waals surface area contributed by atoms with Crippen LogP contribution in [0.15, 0.2) is 36.1 Å². The minimum absolute atomic E-state index is 0.219. The maximum Gasteiger partial charge on any atom is 0.223 e. The van der Waals surface area contributed by atoms with Crippen LogP contribution in [0.2, 0.25) is 0 Å². The SMILES string of the molecule is O=C(CCc1cccs1)N1CCOCC(Cc2ccncn2)C1. The molecular weight excluding hydrogens is 310 g/mol. The normalized spacial score (nSPS) is 18.6. The first-order chi connectivity index (χ1) is 11.3. The average molecular weight is 331 g/mol. The van der Waals surface area contributed by atoms with Crippen molar-refractivity contribution in [2.75, 3.05) is 26.3 Å². The first-order valence-electron chi connectivity index (χ1n) is 7.94. The van der Waals surface area contributed by atoms with E-state index >= 15 is 0 Å². The molecule has 0 bridgehead atoms. The summed E-state index contributed by atoms with van der Waals surface area (Å²) in [6.45, 7) is 2.72. The van der Waals surface area contributed by atoms with Crippen LogP contribution in [0.1, 0.15) is 17.0 Å². The highest BCUT2D eigenvalue weighted by Gasteiger charge is 2.22. The second-order valence-corrected chi connectivity index (χ2v) is 6.80. The molecule has 1 saturated heterocycles. The molecule has 1 aliphatic heterocycles. The first kappa shape index (κ1) is 16.1. The average Bonchev–Trinajstić information content (AvgIpc) is 2.99. The molecule has 2 aromatic heterocycles. The summed E-state index contributed by atoms with van der Waals surface area (Å²) in [5, 5.41) is 2.05. The summed E-state index contributed by atoms with van der Waals surface area (Å²) < 4.78 is 5.67. The highest BCUT2D eigenvalue weighted by atomic mass is 32.1. The molecule has 1 unspecified atom stereocenters. The van der Waals surface area contributed by atoms with Gasteiger partial charge in [0.1, 0.15) is 6.33 Å². The van der Waals surface area contributed by atoms with Gasteiger partial charge in [0.15, 0.2) is 0 Å². The Morgan fingerprint density at radius 1 is 1.43 bits per heavy atom. The van der Waals surface area contributed by atoms with E-state index in [9.17, 15) is 4.79 Å². The van der Waals surface area contributed by atoms with Gasteiger partial charge in [-0.25, -0.2) is 9.97 Å². The molecule has 122 valence electrons. The van der Waals surface area contributed by atoms with Crippen molar-refractivity contribution >= 4 is 17.2 Å². The zero-order valence-electron chi connectivity index (χ0n) is 13.1. The molecule has 1 amide bonds. The summed E-state index contributed by atoms with van der Waals surface area (Å²) in [7, 11) is 0. The molecule has 0 spiro atoms. The van der Waals surface area contributed by atoms with E-state index in [1.54, 1.807) is 23.9 Å². The van der Waals surface area contributed by atoms with Crippen molar-refractivity contribution < 1.29 is 9.53 Å². The summed E-state index contributed by atoms with van der Waals surface area (Å²) in [6, 6.07) is 6.04. The quantitative estimate of drug-likeness (QED) is 0.843. The van der Waals surface area contributed by atoms with Crippen molar-refractivity contribution in [3.8, 4) is 0 Å². The second kappa shape index (κ2) is 8.17. The Labute approximate surface area is 140 Å². The topological polar surface area (TPSA) is 55.3 Å². The molecule has 0 aliphatic carbocycles. The molecule has 1 atom stereocenters. The molecule has 0 radical (unpaired) electrons. The van der Waals surface area contributed by atoms with Crippen LogP contribution in [0.25, 0.3) is 0 Å². The zero-order chi connectivity index (χ0) is 15.9. The van der Waals surface area contributed by atoms with E-state index in [0.29, 0.717) is 26.2 Å². The van der Waals surface area contributed by atoms with Gasteiger partial charge in [0.25, 0.3) is 0 Å². The maximum atomic E-state index is 12.5. The molecular formula is C17H21N3O2S. The van der Waals surface area contributed by atoms with Gasteiger partial charge in [-0.3, -0.25) is 4.79 Å². The molecule has 0 N–H and O–H groups in total. The highest BCUT2D eigenvalue weighted by Crippen LogP contribution is 2.15. The van der Waals surface area contributed by atoms with E-state index < -0.39 is 0 Å². The number of amides is 1. The van der Waals surface area contributed by atoms with Crippen LogP contribution in [-0.4, -0.2) is 47.1 Å². The maximum absolute atomic E-state index is 12.5. The van der Waals surface area contributed by atoms with E-state index in [-0.39, 0.29) is 11.8 Å². The molecule has 3 rings (SSSR count). The standard InChI is InChI=1S/C17H21N3O2S/c21-17(4-3-16-2-1-9-23-16)20-7-8-22-12-14(11-20)10-15-5-6-18-13-19-15/h1-2,5-6,9,13-14H,3-4,7-8,10-12H2. The molecule has 3 heterocycles. The van der Waals surface area contributed by atoms with E-state index in [4.69, 9.17) is 4.74 Å². The lowest BCUT2D eigenvalue weighted by atomic mass is 10.0. The fourth-order valence-corrected chi connectivity index (χ4v) is 3.52. The monoisotopic (exact) mass is 331 g/mol. The van der Waals surface area contributed by atoms with Gasteiger partial charge >= 0.3 is 0 Å². The molecule has 1 fully saturated rings. The van der Waals surface area contributed by atoms with Crippen LogP contribution in [0, 0.1) is 5.92 Å². The number of hydrogen-bond donors (Lipinski definition) is 0. The predicted molar refractivity (Wildman–Crippen MR) is 89.3 cm³/mol. The molecule has 5 nitrogen and oxygen atoms in total. The van der Waals surface area contributed by atoms with Gasteiger partial charge in [-0.1, -0.05) is 6.07 Å². The van der Waals surface area contributed by atoms with Gasteiger partial charge in [-0.05, 0) is 30.4 Å². The van der Waals surface area contributed by atoms with Crippen molar-refractivity contribution in [2.24, 2.45) is 5.92 Å². The van der Waals surface area contributed by atoms with E-state index in [0.717, 1.165) is 25.1 Å². The number of rotatable bonds is 5. The molecule has 6 heteroatoms. The molecule has 1 aliphatic rings. The highest BCUT2D eigenvalue weighted by molar-refractivity contribution is 7.09. The third kappa shape index (κ3) is 4.84. The number of ether oxygens (including phenoxy) is 1. The third-order valence-corrected chi connectivity index (χ3v) is 4.93. The van der Waals surface area contributed by atoms with Crippen LogP contribution in [0.3, 0.4) is 0 Å². The Kier molecular flexibility index (Phi) is 5.71. The zero-order valence-corrected chi connectivity index (χ0v) is 13.9. The molecule has 0 aromatic carbocycles. The van der Waals surface area contributed by atoms with Crippen molar-refractivity contribution in [1.29, 1.82) is 0 Å². The van der Waals surface area contributed by atoms with Crippen molar-refractivity contribution in [3.05, 3.63) is 46.7 Å². The fraction of sp³-hybridized carbons (Fsp3) is 0.471. The Hall–Kier alpha value is -1.79. The molecule has 2 aromatic rings. The second-order valence-electron chi connectivity index (χ2n) is 5.76. The van der Waals surface area contributed by atoms with Crippen molar-refractivity contribution in [3.63, 3.8) is 0 Å². The van der Waals surface area contributed by atoms with Crippen LogP contribution in [-0.2, 0) is 22.4 Å². The van der Waals surface area contributed by atoms with Gasteiger partial charge < -0.3 is 9.64 Å². The minimum atomic E-state index is 0.219. The molecule has 0 saturated carbocycles. The number of carbonyl (C=O) groups is 1. The Bertz CT molecular complexity index is 604. The Morgan fingerprint density at radius 2 is 2.39 bits per heavy atom. The van der Waals surface area contributed by atoms with Gasteiger partial charge in [-0.2, -0.15) is 0 Å². The van der Waals surface area contributed by atoms with E-state index in [1.165, 1.54) is 4.88 Å². The summed E-state index contributed by atoms with van der Waals surface area (Å²) in [5.74, 6) is 0.509. The smallest absolute Gasteiger partial charge is 0.223 e. The number of carbonyl (C=O) groups excluding carboxylic acids is 1. The largest absolute Gasteiger partial charge is 0.379 e. The van der Waals surface area contributed by atoms with E-state index in [1.807, 2.05) is 17.0 Å².